The third kappa shape index (κ3) is 2.87. The van der Waals surface area contributed by atoms with Crippen molar-refractivity contribution in [3.8, 4) is 11.1 Å². The third-order valence-electron chi connectivity index (χ3n) is 4.74. The van der Waals surface area contributed by atoms with Crippen LogP contribution in [0.2, 0.25) is 0 Å². The highest BCUT2D eigenvalue weighted by molar-refractivity contribution is 6.32. The summed E-state index contributed by atoms with van der Waals surface area (Å²) >= 11 is 0. The van der Waals surface area contributed by atoms with E-state index in [9.17, 15) is 4.39 Å². The van der Waals surface area contributed by atoms with Gasteiger partial charge in [0.15, 0.2) is 0 Å². The number of hydrogen-bond acceptors (Lipinski definition) is 4. The molecule has 0 saturated carbocycles. The molecule has 0 N–H and O–H groups in total. The van der Waals surface area contributed by atoms with Crippen LogP contribution in [0.4, 0.5) is 4.39 Å². The number of aliphatic imine (C=N–C) groups is 1. The van der Waals surface area contributed by atoms with Crippen LogP contribution in [-0.4, -0.2) is 27.2 Å². The fourth-order valence-electron chi connectivity index (χ4n) is 3.37. The summed E-state index contributed by atoms with van der Waals surface area (Å²) in [6, 6.07) is 16.4. The van der Waals surface area contributed by atoms with E-state index in [-0.39, 0.29) is 5.82 Å². The molecule has 4 aromatic rings. The largest absolute Gasteiger partial charge is 0.280 e. The minimum Gasteiger partial charge on any atom is -0.280 e. The molecule has 1 aliphatic heterocycles. The summed E-state index contributed by atoms with van der Waals surface area (Å²) < 4.78 is 14.3. The van der Waals surface area contributed by atoms with Crippen LogP contribution < -0.4 is 0 Å². The van der Waals surface area contributed by atoms with Crippen molar-refractivity contribution in [2.75, 3.05) is 6.54 Å². The first-order valence-corrected chi connectivity index (χ1v) is 8.97. The number of nitrogens with zero attached hydrogens (tertiary/aromatic N) is 4. The summed E-state index contributed by atoms with van der Waals surface area (Å²) in [5.74, 6) is -0.282. The summed E-state index contributed by atoms with van der Waals surface area (Å²) in [6.45, 7) is 0.521. The number of halogens is 1. The van der Waals surface area contributed by atoms with Crippen molar-refractivity contribution < 1.29 is 4.39 Å². The monoisotopic (exact) mass is 366 g/mol. The van der Waals surface area contributed by atoms with Gasteiger partial charge in [0.25, 0.3) is 0 Å². The van der Waals surface area contributed by atoms with Gasteiger partial charge in [-0.25, -0.2) is 9.37 Å². The van der Waals surface area contributed by atoms with Gasteiger partial charge in [-0.2, -0.15) is 0 Å². The van der Waals surface area contributed by atoms with Gasteiger partial charge in [0.2, 0.25) is 0 Å². The van der Waals surface area contributed by atoms with Crippen LogP contribution in [0.15, 0.2) is 84.3 Å². The van der Waals surface area contributed by atoms with Crippen molar-refractivity contribution in [1.82, 2.24) is 15.0 Å². The Labute approximate surface area is 161 Å². The number of hydrogen-bond donors (Lipinski definition) is 0. The number of benzene rings is 1. The van der Waals surface area contributed by atoms with E-state index in [1.54, 1.807) is 24.5 Å². The standard InChI is InChI=1S/C23H15FN4/c24-19-6-2-1-5-17(19)23-18(9-11-26-23)20-7-8-21-22(28-20)12-16(14-27-21)15-4-3-10-25-13-15/h1-10,12-14H,11H2. The molecular formula is C23H15FN4. The third-order valence-corrected chi connectivity index (χ3v) is 4.74. The van der Waals surface area contributed by atoms with Crippen molar-refractivity contribution in [3.63, 3.8) is 0 Å². The molecule has 1 aliphatic rings. The zero-order valence-electron chi connectivity index (χ0n) is 14.9. The highest BCUT2D eigenvalue weighted by Crippen LogP contribution is 2.27. The number of fused-ring (bicyclic) bond motifs is 1. The van der Waals surface area contributed by atoms with Crippen LogP contribution in [0.5, 0.6) is 0 Å². The first-order valence-electron chi connectivity index (χ1n) is 8.97. The van der Waals surface area contributed by atoms with Gasteiger partial charge in [0.1, 0.15) is 5.82 Å². The molecule has 134 valence electrons. The Morgan fingerprint density at radius 1 is 0.857 bits per heavy atom. The molecule has 1 aromatic carbocycles. The maximum atomic E-state index is 14.3. The summed E-state index contributed by atoms with van der Waals surface area (Å²) in [7, 11) is 0. The first-order chi connectivity index (χ1) is 13.8. The summed E-state index contributed by atoms with van der Waals surface area (Å²) in [6.07, 6.45) is 7.34. The van der Waals surface area contributed by atoms with Gasteiger partial charge in [-0.3, -0.25) is 15.0 Å². The second-order valence-electron chi connectivity index (χ2n) is 6.49. The number of rotatable bonds is 3. The predicted molar refractivity (Wildman–Crippen MR) is 109 cm³/mol. The molecule has 4 nitrogen and oxygen atoms in total. The van der Waals surface area contributed by atoms with Gasteiger partial charge in [0, 0.05) is 40.9 Å². The average molecular weight is 366 g/mol. The molecule has 0 atom stereocenters. The van der Waals surface area contributed by atoms with Crippen molar-refractivity contribution in [2.24, 2.45) is 4.99 Å². The van der Waals surface area contributed by atoms with E-state index in [0.717, 1.165) is 33.4 Å². The molecule has 5 heteroatoms. The van der Waals surface area contributed by atoms with Crippen molar-refractivity contribution in [2.45, 2.75) is 0 Å². The lowest BCUT2D eigenvalue weighted by atomic mass is 9.99. The van der Waals surface area contributed by atoms with Gasteiger partial charge >= 0.3 is 0 Å². The maximum absolute atomic E-state index is 14.3. The minimum absolute atomic E-state index is 0.282. The van der Waals surface area contributed by atoms with E-state index < -0.39 is 0 Å². The number of pyridine rings is 3. The Morgan fingerprint density at radius 3 is 2.64 bits per heavy atom. The van der Waals surface area contributed by atoms with Gasteiger partial charge in [-0.1, -0.05) is 24.3 Å². The van der Waals surface area contributed by atoms with E-state index in [1.165, 1.54) is 6.07 Å². The molecule has 0 amide bonds. The van der Waals surface area contributed by atoms with Gasteiger partial charge < -0.3 is 0 Å². The van der Waals surface area contributed by atoms with E-state index in [2.05, 4.69) is 15.0 Å². The highest BCUT2D eigenvalue weighted by atomic mass is 19.1. The fraction of sp³-hybridized carbons (Fsp3) is 0.0435. The predicted octanol–water partition coefficient (Wildman–Crippen LogP) is 4.72. The topological polar surface area (TPSA) is 51.0 Å². The summed E-state index contributed by atoms with van der Waals surface area (Å²) in [5.41, 5.74) is 6.26. The Bertz CT molecular complexity index is 1250. The Kier molecular flexibility index (Phi) is 3.98. The Balaban J connectivity index is 1.58. The first kappa shape index (κ1) is 16.4. The lowest BCUT2D eigenvalue weighted by molar-refractivity contribution is 0.625. The quantitative estimate of drug-likeness (QED) is 0.527. The normalized spacial score (nSPS) is 13.5. The van der Waals surface area contributed by atoms with Crippen LogP contribution in [0.3, 0.4) is 0 Å². The molecule has 0 radical (unpaired) electrons. The zero-order valence-corrected chi connectivity index (χ0v) is 14.9. The number of aromatic nitrogens is 3. The van der Waals surface area contributed by atoms with Crippen molar-refractivity contribution >= 4 is 22.3 Å². The average Bonchev–Trinajstić information content (AvgIpc) is 3.23. The lowest BCUT2D eigenvalue weighted by Crippen LogP contribution is -2.05. The van der Waals surface area contributed by atoms with Crippen LogP contribution >= 0.6 is 0 Å². The lowest BCUT2D eigenvalue weighted by Gasteiger charge is -2.09. The summed E-state index contributed by atoms with van der Waals surface area (Å²) in [5, 5.41) is 0. The van der Waals surface area contributed by atoms with E-state index >= 15 is 0 Å². The second kappa shape index (κ2) is 6.78. The smallest absolute Gasteiger partial charge is 0.132 e. The van der Waals surface area contributed by atoms with E-state index in [0.29, 0.717) is 17.8 Å². The van der Waals surface area contributed by atoms with Crippen LogP contribution in [0.25, 0.3) is 27.7 Å². The van der Waals surface area contributed by atoms with Gasteiger partial charge in [-0.05, 0) is 36.4 Å². The zero-order chi connectivity index (χ0) is 18.9. The molecule has 0 fully saturated rings. The molecule has 0 spiro atoms. The van der Waals surface area contributed by atoms with Crippen molar-refractivity contribution in [1.29, 1.82) is 0 Å². The Morgan fingerprint density at radius 2 is 1.79 bits per heavy atom. The molecule has 0 unspecified atom stereocenters. The minimum atomic E-state index is -0.282. The molecule has 28 heavy (non-hydrogen) atoms. The Hall–Kier alpha value is -3.73. The van der Waals surface area contributed by atoms with Gasteiger partial charge in [0.05, 0.1) is 29.0 Å². The molecule has 4 heterocycles. The molecule has 5 rings (SSSR count). The SMILES string of the molecule is Fc1ccccc1C1=NCC=C1c1ccc2ncc(-c3cccnc3)cc2n1. The highest BCUT2D eigenvalue weighted by Gasteiger charge is 2.20. The fourth-order valence-corrected chi connectivity index (χ4v) is 3.37. The van der Waals surface area contributed by atoms with E-state index in [4.69, 9.17) is 4.98 Å². The van der Waals surface area contributed by atoms with Crippen LogP contribution in [0, 0.1) is 5.82 Å². The van der Waals surface area contributed by atoms with Crippen LogP contribution in [0.1, 0.15) is 11.3 Å². The van der Waals surface area contributed by atoms with Gasteiger partial charge in [-0.15, -0.1) is 0 Å². The number of allylic oxidation sites excluding steroid dienone is 1. The maximum Gasteiger partial charge on any atom is 0.132 e. The summed E-state index contributed by atoms with van der Waals surface area (Å²) in [4.78, 5) is 18.0. The second-order valence-corrected chi connectivity index (χ2v) is 6.49. The molecule has 0 saturated heterocycles. The van der Waals surface area contributed by atoms with Crippen LogP contribution in [-0.2, 0) is 0 Å². The molecule has 0 bridgehead atoms. The molecule has 3 aromatic heterocycles. The molecular weight excluding hydrogens is 351 g/mol. The molecule has 0 aliphatic carbocycles. The van der Waals surface area contributed by atoms with E-state index in [1.807, 2.05) is 48.7 Å². The van der Waals surface area contributed by atoms with Crippen molar-refractivity contribution in [3.05, 3.63) is 96.3 Å².